The normalized spacial score (nSPS) is 20.7. The zero-order valence-electron chi connectivity index (χ0n) is 11.7. The highest BCUT2D eigenvalue weighted by molar-refractivity contribution is 5.80. The highest BCUT2D eigenvalue weighted by Gasteiger charge is 2.61. The lowest BCUT2D eigenvalue weighted by Crippen LogP contribution is -2.59. The van der Waals surface area contributed by atoms with Gasteiger partial charge in [-0.15, -0.1) is 0 Å². The van der Waals surface area contributed by atoms with Crippen LogP contribution < -0.4 is 10.5 Å². The van der Waals surface area contributed by atoms with Gasteiger partial charge in [-0.3, -0.25) is 10.1 Å². The van der Waals surface area contributed by atoms with Gasteiger partial charge in [-0.1, -0.05) is 0 Å². The summed E-state index contributed by atoms with van der Waals surface area (Å²) in [6.07, 6.45) is -0.382. The first-order chi connectivity index (χ1) is 10.2. The maximum absolute atomic E-state index is 14.5. The Hall–Kier alpha value is -2.29. The van der Waals surface area contributed by atoms with Gasteiger partial charge in [0.05, 0.1) is 18.1 Å². The SMILES string of the molecule is CCOC(=O)C(F)(F)[C@@]1(N)CCOc2ccc([N+](=O)[O-])cc21. The van der Waals surface area contributed by atoms with E-state index in [1.54, 1.807) is 0 Å². The zero-order chi connectivity index (χ0) is 16.5. The van der Waals surface area contributed by atoms with Crippen molar-refractivity contribution in [1.82, 2.24) is 0 Å². The molecule has 2 N–H and O–H groups in total. The van der Waals surface area contributed by atoms with Crippen LogP contribution in [0.1, 0.15) is 18.9 Å². The Morgan fingerprint density at radius 1 is 1.59 bits per heavy atom. The molecule has 2 rings (SSSR count). The molecule has 1 aliphatic rings. The number of nitrogens with zero attached hydrogens (tertiary/aromatic N) is 1. The van der Waals surface area contributed by atoms with E-state index in [-0.39, 0.29) is 30.9 Å². The number of alkyl halides is 2. The first-order valence-corrected chi connectivity index (χ1v) is 6.49. The Morgan fingerprint density at radius 2 is 2.27 bits per heavy atom. The summed E-state index contributed by atoms with van der Waals surface area (Å²) >= 11 is 0. The number of halogens is 2. The lowest BCUT2D eigenvalue weighted by molar-refractivity contribution is -0.385. The summed E-state index contributed by atoms with van der Waals surface area (Å²) in [5.41, 5.74) is 2.66. The molecule has 0 saturated heterocycles. The standard InChI is InChI=1S/C13H14F2N2O5/c1-2-21-11(18)13(14,15)12(16)5-6-22-10-4-3-8(17(19)20)7-9(10)12/h3-4,7H,2,5-6,16H2,1H3/t12-/m1/s1. The van der Waals surface area contributed by atoms with Gasteiger partial charge in [-0.25, -0.2) is 4.79 Å². The highest BCUT2D eigenvalue weighted by Crippen LogP contribution is 2.46. The van der Waals surface area contributed by atoms with Crippen molar-refractivity contribution < 1.29 is 28.0 Å². The highest BCUT2D eigenvalue weighted by atomic mass is 19.3. The fourth-order valence-electron chi connectivity index (χ4n) is 2.29. The molecule has 0 saturated carbocycles. The number of esters is 1. The molecule has 1 atom stereocenters. The molecule has 7 nitrogen and oxygen atoms in total. The summed E-state index contributed by atoms with van der Waals surface area (Å²) in [5, 5.41) is 10.8. The Kier molecular flexibility index (Phi) is 4.01. The quantitative estimate of drug-likeness (QED) is 0.515. The number of hydrogen-bond donors (Lipinski definition) is 1. The van der Waals surface area contributed by atoms with Gasteiger partial charge in [0, 0.05) is 24.1 Å². The fraction of sp³-hybridized carbons (Fsp3) is 0.462. The van der Waals surface area contributed by atoms with Crippen LogP contribution in [0, 0.1) is 10.1 Å². The summed E-state index contributed by atoms with van der Waals surface area (Å²) in [6, 6.07) is 3.21. The molecule has 0 unspecified atom stereocenters. The molecular weight excluding hydrogens is 302 g/mol. The lowest BCUT2D eigenvalue weighted by atomic mass is 9.79. The number of fused-ring (bicyclic) bond motifs is 1. The molecule has 0 aliphatic carbocycles. The van der Waals surface area contributed by atoms with Gasteiger partial charge in [-0.05, 0) is 13.0 Å². The van der Waals surface area contributed by atoms with Crippen molar-refractivity contribution in [3.05, 3.63) is 33.9 Å². The number of carbonyl (C=O) groups is 1. The molecule has 0 bridgehead atoms. The molecule has 0 aromatic heterocycles. The number of rotatable bonds is 4. The number of benzene rings is 1. The van der Waals surface area contributed by atoms with E-state index in [4.69, 9.17) is 10.5 Å². The topological polar surface area (TPSA) is 105 Å². The molecule has 0 fully saturated rings. The smallest absolute Gasteiger partial charge is 0.379 e. The number of nitro benzene ring substituents is 1. The van der Waals surface area contributed by atoms with Gasteiger partial charge in [0.1, 0.15) is 11.3 Å². The van der Waals surface area contributed by atoms with Crippen LogP contribution in [0.4, 0.5) is 14.5 Å². The fourth-order valence-corrected chi connectivity index (χ4v) is 2.29. The van der Waals surface area contributed by atoms with E-state index in [0.29, 0.717) is 0 Å². The van der Waals surface area contributed by atoms with Crippen molar-refractivity contribution in [2.24, 2.45) is 5.73 Å². The average Bonchev–Trinajstić information content (AvgIpc) is 2.47. The maximum atomic E-state index is 14.5. The van der Waals surface area contributed by atoms with E-state index < -0.39 is 28.0 Å². The molecule has 1 aliphatic heterocycles. The van der Waals surface area contributed by atoms with Gasteiger partial charge in [-0.2, -0.15) is 8.78 Å². The largest absolute Gasteiger partial charge is 0.493 e. The minimum atomic E-state index is -4.04. The predicted octanol–water partition coefficient (Wildman–Crippen LogP) is 1.73. The summed E-state index contributed by atoms with van der Waals surface area (Å²) in [5.74, 6) is -5.82. The molecule has 1 aromatic carbocycles. The summed E-state index contributed by atoms with van der Waals surface area (Å²) < 4.78 is 38.5. The van der Waals surface area contributed by atoms with Crippen LogP contribution in [-0.2, 0) is 15.1 Å². The van der Waals surface area contributed by atoms with Gasteiger partial charge in [0.15, 0.2) is 0 Å². The maximum Gasteiger partial charge on any atom is 0.379 e. The number of nitrogens with two attached hydrogens (primary N) is 1. The van der Waals surface area contributed by atoms with Gasteiger partial charge < -0.3 is 15.2 Å². The Bertz CT molecular complexity index is 622. The second kappa shape index (κ2) is 5.48. The van der Waals surface area contributed by atoms with Gasteiger partial charge in [0.2, 0.25) is 0 Å². The number of nitro groups is 1. The second-order valence-electron chi connectivity index (χ2n) is 4.80. The third-order valence-electron chi connectivity index (χ3n) is 3.50. The van der Waals surface area contributed by atoms with Crippen LogP contribution in [0.2, 0.25) is 0 Å². The third-order valence-corrected chi connectivity index (χ3v) is 3.50. The van der Waals surface area contributed by atoms with Crippen molar-refractivity contribution in [1.29, 1.82) is 0 Å². The van der Waals surface area contributed by atoms with Crippen LogP contribution in [-0.4, -0.2) is 30.0 Å². The van der Waals surface area contributed by atoms with Gasteiger partial charge >= 0.3 is 11.9 Å². The molecular formula is C13H14F2N2O5. The summed E-state index contributed by atoms with van der Waals surface area (Å²) in [4.78, 5) is 21.7. The molecule has 22 heavy (non-hydrogen) atoms. The minimum absolute atomic E-state index is 0.0108. The van der Waals surface area contributed by atoms with E-state index in [9.17, 15) is 23.7 Å². The molecule has 9 heteroatoms. The van der Waals surface area contributed by atoms with Crippen molar-refractivity contribution in [3.63, 3.8) is 0 Å². The molecule has 0 spiro atoms. The minimum Gasteiger partial charge on any atom is -0.493 e. The van der Waals surface area contributed by atoms with Crippen LogP contribution >= 0.6 is 0 Å². The van der Waals surface area contributed by atoms with Crippen LogP contribution in [0.3, 0.4) is 0 Å². The summed E-state index contributed by atoms with van der Waals surface area (Å²) in [6.45, 7) is 1.01. The zero-order valence-corrected chi connectivity index (χ0v) is 11.7. The van der Waals surface area contributed by atoms with Crippen LogP contribution in [0.5, 0.6) is 5.75 Å². The second-order valence-corrected chi connectivity index (χ2v) is 4.80. The predicted molar refractivity (Wildman–Crippen MR) is 70.7 cm³/mol. The number of non-ortho nitro benzene ring substituents is 1. The third kappa shape index (κ3) is 2.37. The molecule has 1 aromatic rings. The molecule has 0 amide bonds. The number of hydrogen-bond acceptors (Lipinski definition) is 6. The number of carbonyl (C=O) groups excluding carboxylic acids is 1. The first-order valence-electron chi connectivity index (χ1n) is 6.49. The number of ether oxygens (including phenoxy) is 2. The van der Waals surface area contributed by atoms with Crippen molar-refractivity contribution >= 4 is 11.7 Å². The van der Waals surface area contributed by atoms with Crippen LogP contribution in [0.25, 0.3) is 0 Å². The monoisotopic (exact) mass is 316 g/mol. The van der Waals surface area contributed by atoms with E-state index >= 15 is 0 Å². The summed E-state index contributed by atoms with van der Waals surface area (Å²) in [7, 11) is 0. The van der Waals surface area contributed by atoms with E-state index in [2.05, 4.69) is 4.74 Å². The Labute approximate surface area is 124 Å². The molecule has 120 valence electrons. The van der Waals surface area contributed by atoms with Crippen molar-refractivity contribution in [3.8, 4) is 5.75 Å². The van der Waals surface area contributed by atoms with E-state index in [1.165, 1.54) is 13.0 Å². The molecule has 0 radical (unpaired) electrons. The van der Waals surface area contributed by atoms with E-state index in [0.717, 1.165) is 12.1 Å². The average molecular weight is 316 g/mol. The van der Waals surface area contributed by atoms with Crippen LogP contribution in [0.15, 0.2) is 18.2 Å². The Morgan fingerprint density at radius 3 is 2.86 bits per heavy atom. The first kappa shape index (κ1) is 16.1. The Balaban J connectivity index is 2.56. The van der Waals surface area contributed by atoms with Gasteiger partial charge in [0.25, 0.3) is 5.69 Å². The van der Waals surface area contributed by atoms with Crippen molar-refractivity contribution in [2.45, 2.75) is 24.8 Å². The van der Waals surface area contributed by atoms with Crippen molar-refractivity contribution in [2.75, 3.05) is 13.2 Å². The molecule has 1 heterocycles. The van der Waals surface area contributed by atoms with E-state index in [1.807, 2.05) is 0 Å². The lowest BCUT2D eigenvalue weighted by Gasteiger charge is -2.39.